The highest BCUT2D eigenvalue weighted by Crippen LogP contribution is 2.37. The van der Waals surface area contributed by atoms with Gasteiger partial charge in [0.15, 0.2) is 0 Å². The zero-order chi connectivity index (χ0) is 14.7. The Morgan fingerprint density at radius 1 is 1.55 bits per heavy atom. The van der Waals surface area contributed by atoms with Gasteiger partial charge in [0, 0.05) is 23.2 Å². The average molecular weight is 313 g/mol. The second kappa shape index (κ2) is 6.43. The Morgan fingerprint density at radius 2 is 2.30 bits per heavy atom. The summed E-state index contributed by atoms with van der Waals surface area (Å²) in [5.74, 6) is -0.189. The van der Waals surface area contributed by atoms with E-state index in [2.05, 4.69) is 5.32 Å². The SMILES string of the molecule is CCOC(C)CNC(=O)c1sc2cccc(Cl)c2c1N. The highest BCUT2D eigenvalue weighted by molar-refractivity contribution is 7.21. The molecule has 0 saturated carbocycles. The summed E-state index contributed by atoms with van der Waals surface area (Å²) in [6.07, 6.45) is -0.0249. The monoisotopic (exact) mass is 312 g/mol. The van der Waals surface area contributed by atoms with Gasteiger partial charge in [-0.1, -0.05) is 17.7 Å². The Kier molecular flexibility index (Phi) is 4.86. The number of hydrogen-bond acceptors (Lipinski definition) is 4. The first-order chi connectivity index (χ1) is 9.54. The van der Waals surface area contributed by atoms with Crippen LogP contribution in [0.1, 0.15) is 23.5 Å². The highest BCUT2D eigenvalue weighted by Gasteiger charge is 2.18. The molecule has 0 fully saturated rings. The maximum atomic E-state index is 12.2. The molecule has 0 radical (unpaired) electrons. The first-order valence-corrected chi connectivity index (χ1v) is 7.60. The summed E-state index contributed by atoms with van der Waals surface area (Å²) in [6.45, 7) is 4.91. The van der Waals surface area contributed by atoms with Crippen LogP contribution in [0.25, 0.3) is 10.1 Å². The van der Waals surface area contributed by atoms with Crippen LogP contribution in [0.3, 0.4) is 0 Å². The Balaban J connectivity index is 2.19. The number of fused-ring (bicyclic) bond motifs is 1. The number of benzene rings is 1. The van der Waals surface area contributed by atoms with Crippen molar-refractivity contribution in [2.75, 3.05) is 18.9 Å². The lowest BCUT2D eigenvalue weighted by atomic mass is 10.2. The lowest BCUT2D eigenvalue weighted by Gasteiger charge is -2.12. The quantitative estimate of drug-likeness (QED) is 0.890. The van der Waals surface area contributed by atoms with E-state index < -0.39 is 0 Å². The van der Waals surface area contributed by atoms with Crippen molar-refractivity contribution in [3.05, 3.63) is 28.1 Å². The molecule has 0 bridgehead atoms. The molecule has 1 heterocycles. The van der Waals surface area contributed by atoms with Crippen LogP contribution in [0.2, 0.25) is 5.02 Å². The molecule has 0 spiro atoms. The van der Waals surface area contributed by atoms with E-state index in [4.69, 9.17) is 22.1 Å². The normalized spacial score (nSPS) is 12.6. The molecule has 4 nitrogen and oxygen atoms in total. The predicted molar refractivity (Wildman–Crippen MR) is 84.7 cm³/mol. The Bertz CT molecular complexity index is 627. The van der Waals surface area contributed by atoms with E-state index >= 15 is 0 Å². The van der Waals surface area contributed by atoms with Gasteiger partial charge in [-0.3, -0.25) is 4.79 Å². The molecule has 0 aliphatic rings. The minimum atomic E-state index is -0.189. The summed E-state index contributed by atoms with van der Waals surface area (Å²) >= 11 is 7.47. The third kappa shape index (κ3) is 3.06. The van der Waals surface area contributed by atoms with Gasteiger partial charge in [-0.05, 0) is 26.0 Å². The number of thiophene rings is 1. The minimum Gasteiger partial charge on any atom is -0.397 e. The number of anilines is 1. The Morgan fingerprint density at radius 3 is 2.95 bits per heavy atom. The van der Waals surface area contributed by atoms with Gasteiger partial charge in [-0.25, -0.2) is 0 Å². The van der Waals surface area contributed by atoms with Crippen molar-refractivity contribution in [3.8, 4) is 0 Å². The molecular weight excluding hydrogens is 296 g/mol. The number of nitrogens with one attached hydrogen (secondary N) is 1. The molecule has 0 saturated heterocycles. The second-order valence-electron chi connectivity index (χ2n) is 4.43. The van der Waals surface area contributed by atoms with Crippen LogP contribution in [0.5, 0.6) is 0 Å². The molecule has 2 rings (SSSR count). The Labute approximate surface area is 126 Å². The zero-order valence-electron chi connectivity index (χ0n) is 11.4. The van der Waals surface area contributed by atoms with Crippen LogP contribution in [0, 0.1) is 0 Å². The molecule has 0 aliphatic carbocycles. The number of ether oxygens (including phenoxy) is 1. The summed E-state index contributed by atoms with van der Waals surface area (Å²) in [7, 11) is 0. The molecular formula is C14H17ClN2O2S. The molecule has 1 unspecified atom stereocenters. The second-order valence-corrected chi connectivity index (χ2v) is 5.89. The first-order valence-electron chi connectivity index (χ1n) is 6.40. The number of rotatable bonds is 5. The Hall–Kier alpha value is -1.30. The van der Waals surface area contributed by atoms with E-state index in [0.717, 1.165) is 10.1 Å². The number of hydrogen-bond donors (Lipinski definition) is 2. The third-order valence-electron chi connectivity index (χ3n) is 2.91. The van der Waals surface area contributed by atoms with Crippen LogP contribution in [-0.2, 0) is 4.74 Å². The lowest BCUT2D eigenvalue weighted by molar-refractivity contribution is 0.0697. The van der Waals surface area contributed by atoms with Crippen molar-refractivity contribution in [2.45, 2.75) is 20.0 Å². The molecule has 1 aromatic heterocycles. The average Bonchev–Trinajstić information content (AvgIpc) is 2.75. The summed E-state index contributed by atoms with van der Waals surface area (Å²) < 4.78 is 6.29. The van der Waals surface area contributed by atoms with Crippen molar-refractivity contribution in [1.82, 2.24) is 5.32 Å². The maximum absolute atomic E-state index is 12.2. The first kappa shape index (κ1) is 15.1. The van der Waals surface area contributed by atoms with E-state index in [1.807, 2.05) is 26.0 Å². The van der Waals surface area contributed by atoms with Gasteiger partial charge in [0.1, 0.15) is 4.88 Å². The summed E-state index contributed by atoms with van der Waals surface area (Å²) in [4.78, 5) is 12.7. The van der Waals surface area contributed by atoms with Gasteiger partial charge >= 0.3 is 0 Å². The number of amides is 1. The van der Waals surface area contributed by atoms with Crippen molar-refractivity contribution >= 4 is 44.6 Å². The predicted octanol–water partition coefficient (Wildman–Crippen LogP) is 3.29. The fraction of sp³-hybridized carbons (Fsp3) is 0.357. The van der Waals surface area contributed by atoms with Crippen molar-refractivity contribution in [3.63, 3.8) is 0 Å². The van der Waals surface area contributed by atoms with Crippen LogP contribution in [-0.4, -0.2) is 25.2 Å². The number of nitrogen functional groups attached to an aromatic ring is 1. The number of nitrogens with two attached hydrogens (primary N) is 1. The van der Waals surface area contributed by atoms with Gasteiger partial charge in [-0.15, -0.1) is 11.3 Å². The molecule has 108 valence electrons. The topological polar surface area (TPSA) is 64.3 Å². The summed E-state index contributed by atoms with van der Waals surface area (Å²) in [5.41, 5.74) is 6.48. The van der Waals surface area contributed by atoms with Crippen LogP contribution >= 0.6 is 22.9 Å². The van der Waals surface area contributed by atoms with E-state index in [9.17, 15) is 4.79 Å². The van der Waals surface area contributed by atoms with Gasteiger partial charge < -0.3 is 15.8 Å². The van der Waals surface area contributed by atoms with Gasteiger partial charge in [0.25, 0.3) is 5.91 Å². The number of halogens is 1. The molecule has 6 heteroatoms. The maximum Gasteiger partial charge on any atom is 0.263 e. The van der Waals surface area contributed by atoms with Crippen LogP contribution < -0.4 is 11.1 Å². The van der Waals surface area contributed by atoms with Gasteiger partial charge in [-0.2, -0.15) is 0 Å². The van der Waals surface area contributed by atoms with E-state index in [0.29, 0.717) is 28.7 Å². The number of carbonyl (C=O) groups excluding carboxylic acids is 1. The smallest absolute Gasteiger partial charge is 0.263 e. The van der Waals surface area contributed by atoms with Crippen molar-refractivity contribution in [2.24, 2.45) is 0 Å². The van der Waals surface area contributed by atoms with Gasteiger partial charge in [0.2, 0.25) is 0 Å². The molecule has 2 aromatic rings. The molecule has 20 heavy (non-hydrogen) atoms. The van der Waals surface area contributed by atoms with E-state index in [1.165, 1.54) is 11.3 Å². The fourth-order valence-corrected chi connectivity index (χ4v) is 3.36. The molecule has 1 amide bonds. The number of carbonyl (C=O) groups is 1. The lowest BCUT2D eigenvalue weighted by Crippen LogP contribution is -2.32. The summed E-state index contributed by atoms with van der Waals surface area (Å²) in [5, 5.41) is 4.15. The van der Waals surface area contributed by atoms with Crippen LogP contribution in [0.4, 0.5) is 5.69 Å². The van der Waals surface area contributed by atoms with Gasteiger partial charge in [0.05, 0.1) is 16.8 Å². The third-order valence-corrected chi connectivity index (χ3v) is 4.39. The molecule has 1 atom stereocenters. The van der Waals surface area contributed by atoms with Crippen LogP contribution in [0.15, 0.2) is 18.2 Å². The van der Waals surface area contributed by atoms with E-state index in [-0.39, 0.29) is 12.0 Å². The van der Waals surface area contributed by atoms with Crippen molar-refractivity contribution < 1.29 is 9.53 Å². The minimum absolute atomic E-state index is 0.0249. The molecule has 3 N–H and O–H groups in total. The largest absolute Gasteiger partial charge is 0.397 e. The summed E-state index contributed by atoms with van der Waals surface area (Å²) in [6, 6.07) is 5.52. The molecule has 1 aromatic carbocycles. The zero-order valence-corrected chi connectivity index (χ0v) is 13.0. The highest BCUT2D eigenvalue weighted by atomic mass is 35.5. The fourth-order valence-electron chi connectivity index (χ4n) is 1.96. The standard InChI is InChI=1S/C14H17ClN2O2S/c1-3-19-8(2)7-17-14(18)13-12(16)11-9(15)5-4-6-10(11)20-13/h4-6,8H,3,7,16H2,1-2H3,(H,17,18). The molecule has 0 aliphatic heterocycles. The van der Waals surface area contributed by atoms with E-state index in [1.54, 1.807) is 6.07 Å². The van der Waals surface area contributed by atoms with Crippen molar-refractivity contribution in [1.29, 1.82) is 0 Å².